The second-order valence-corrected chi connectivity index (χ2v) is 3.76. The first kappa shape index (κ1) is 19.3. The minimum atomic E-state index is -1.60. The number of carboxylic acids is 2. The summed E-state index contributed by atoms with van der Waals surface area (Å²) in [6, 6.07) is 0. The molecule has 0 amide bonds. The molecule has 109 valence electrons. The zero-order chi connectivity index (χ0) is 13.3. The van der Waals surface area contributed by atoms with Gasteiger partial charge in [0.05, 0.1) is 0 Å². The van der Waals surface area contributed by atoms with Gasteiger partial charge >= 0.3 is 11.9 Å². The van der Waals surface area contributed by atoms with Gasteiger partial charge in [0.2, 0.25) is 0 Å². The molecule has 6 nitrogen and oxygen atoms in total. The Morgan fingerprint density at radius 2 is 1.78 bits per heavy atom. The third kappa shape index (κ3) is 8.08. The second kappa shape index (κ2) is 11.0. The molecule has 0 heterocycles. The summed E-state index contributed by atoms with van der Waals surface area (Å²) >= 11 is 0. The number of hydrogen-bond acceptors (Lipinski definition) is 4. The van der Waals surface area contributed by atoms with Gasteiger partial charge in [0.25, 0.3) is 5.71 Å². The monoisotopic (exact) mass is 308 g/mol. The Morgan fingerprint density at radius 3 is 2.17 bits per heavy atom. The molecule has 0 aromatic rings. The number of unbranched alkanes of at least 4 members (excludes halogenated alkanes) is 1. The Labute approximate surface area is 117 Å². The Bertz CT molecular complexity index is 277. The predicted octanol–water partition coefficient (Wildman–Crippen LogP) is 1.74. The molecule has 1 unspecified atom stereocenters. The Hall–Kier alpha value is -1.07. The summed E-state index contributed by atoms with van der Waals surface area (Å²) in [6.07, 6.45) is 4.01. The van der Waals surface area contributed by atoms with E-state index in [1.54, 1.807) is 0 Å². The van der Waals surface area contributed by atoms with E-state index in [4.69, 9.17) is 15.1 Å². The van der Waals surface area contributed by atoms with Gasteiger partial charge in [0.15, 0.2) is 0 Å². The molecule has 1 radical (unpaired) electrons. The van der Waals surface area contributed by atoms with E-state index >= 15 is 0 Å². The average molecular weight is 309 g/mol. The van der Waals surface area contributed by atoms with Crippen LogP contribution in [0.25, 0.3) is 0 Å². The summed E-state index contributed by atoms with van der Waals surface area (Å²) in [6.45, 7) is 4.34. The van der Waals surface area contributed by atoms with E-state index < -0.39 is 17.7 Å². The summed E-state index contributed by atoms with van der Waals surface area (Å²) in [4.78, 5) is 25.7. The van der Waals surface area contributed by atoms with Crippen molar-refractivity contribution in [3.05, 3.63) is 0 Å². The molecule has 0 rings (SSSR count). The summed E-state index contributed by atoms with van der Waals surface area (Å²) < 4.78 is 0. The topological polar surface area (TPSA) is 96.2 Å². The number of aliphatic carboxylic acids is 2. The first-order valence-electron chi connectivity index (χ1n) is 5.69. The van der Waals surface area contributed by atoms with Crippen molar-refractivity contribution in [1.29, 1.82) is 0 Å². The van der Waals surface area contributed by atoms with Crippen molar-refractivity contribution in [2.24, 2.45) is 11.1 Å². The number of carboxylic acid groups (broad SMARTS) is 2. The Morgan fingerprint density at radius 1 is 1.22 bits per heavy atom. The Balaban J connectivity index is 0. The average Bonchev–Trinajstić information content (AvgIpc) is 2.27. The molecule has 0 saturated carbocycles. The van der Waals surface area contributed by atoms with Gasteiger partial charge in [-0.25, -0.2) is 9.59 Å². The number of hydrogen-bond donors (Lipinski definition) is 2. The zero-order valence-corrected chi connectivity index (χ0v) is 11.4. The van der Waals surface area contributed by atoms with Gasteiger partial charge in [0, 0.05) is 17.1 Å². The molecule has 2 N–H and O–H groups in total. The van der Waals surface area contributed by atoms with Crippen LogP contribution in [-0.2, 0) is 31.5 Å². The van der Waals surface area contributed by atoms with Crippen LogP contribution in [0, 0.1) is 5.92 Å². The fourth-order valence-corrected chi connectivity index (χ4v) is 1.27. The molecular weight excluding hydrogens is 290 g/mol. The second-order valence-electron chi connectivity index (χ2n) is 3.76. The van der Waals surface area contributed by atoms with Crippen molar-refractivity contribution in [2.75, 3.05) is 6.61 Å². The molecular formula is C11H19CuNO5. The summed E-state index contributed by atoms with van der Waals surface area (Å²) in [5.74, 6) is -2.92. The van der Waals surface area contributed by atoms with Gasteiger partial charge in [-0.15, -0.1) is 0 Å². The van der Waals surface area contributed by atoms with Crippen molar-refractivity contribution in [3.63, 3.8) is 0 Å². The van der Waals surface area contributed by atoms with Crippen LogP contribution in [-0.4, -0.2) is 34.5 Å². The third-order valence-corrected chi connectivity index (χ3v) is 2.41. The van der Waals surface area contributed by atoms with Crippen molar-refractivity contribution in [1.82, 2.24) is 0 Å². The number of oxime groups is 1. The van der Waals surface area contributed by atoms with Gasteiger partial charge in [0.1, 0.15) is 6.61 Å². The first-order valence-corrected chi connectivity index (χ1v) is 5.69. The molecule has 0 aromatic heterocycles. The zero-order valence-electron chi connectivity index (χ0n) is 10.5. The molecule has 7 heteroatoms. The number of rotatable bonds is 9. The number of carbonyl (C=O) groups is 2. The molecule has 0 spiro atoms. The van der Waals surface area contributed by atoms with E-state index in [-0.39, 0.29) is 29.6 Å². The van der Waals surface area contributed by atoms with Gasteiger partial charge in [-0.3, -0.25) is 0 Å². The molecule has 18 heavy (non-hydrogen) atoms. The maximum atomic E-state index is 10.5. The fraction of sp³-hybridized carbons (Fsp3) is 0.727. The SMILES string of the molecule is CCCCC(CC)CON=C(C(=O)O)C(=O)O.[Cu]. The van der Waals surface area contributed by atoms with Crippen LogP contribution < -0.4 is 0 Å². The van der Waals surface area contributed by atoms with Crippen LogP contribution in [0.5, 0.6) is 0 Å². The molecule has 0 fully saturated rings. The van der Waals surface area contributed by atoms with Crippen LogP contribution >= 0.6 is 0 Å². The largest absolute Gasteiger partial charge is 0.476 e. The Kier molecular flexibility index (Phi) is 11.8. The summed E-state index contributed by atoms with van der Waals surface area (Å²) in [5, 5.41) is 20.2. The van der Waals surface area contributed by atoms with Crippen LogP contribution in [0.1, 0.15) is 39.5 Å². The van der Waals surface area contributed by atoms with Gasteiger partial charge in [-0.1, -0.05) is 31.8 Å². The van der Waals surface area contributed by atoms with E-state index in [0.29, 0.717) is 0 Å². The van der Waals surface area contributed by atoms with Crippen LogP contribution in [0.3, 0.4) is 0 Å². The third-order valence-electron chi connectivity index (χ3n) is 2.41. The molecule has 0 saturated heterocycles. The minimum absolute atomic E-state index is 0. The van der Waals surface area contributed by atoms with E-state index in [9.17, 15) is 9.59 Å². The van der Waals surface area contributed by atoms with E-state index in [1.807, 2.05) is 6.92 Å². The van der Waals surface area contributed by atoms with Crippen molar-refractivity contribution in [2.45, 2.75) is 39.5 Å². The molecule has 0 aliphatic rings. The maximum absolute atomic E-state index is 10.5. The van der Waals surface area contributed by atoms with Crippen LogP contribution in [0.15, 0.2) is 5.16 Å². The van der Waals surface area contributed by atoms with Crippen molar-refractivity contribution in [3.8, 4) is 0 Å². The van der Waals surface area contributed by atoms with E-state index in [0.717, 1.165) is 25.7 Å². The van der Waals surface area contributed by atoms with Crippen molar-refractivity contribution >= 4 is 17.7 Å². The molecule has 1 atom stereocenters. The van der Waals surface area contributed by atoms with Crippen LogP contribution in [0.2, 0.25) is 0 Å². The molecule has 0 aromatic carbocycles. The van der Waals surface area contributed by atoms with Gasteiger partial charge < -0.3 is 15.1 Å². The summed E-state index contributed by atoms with van der Waals surface area (Å²) in [7, 11) is 0. The number of nitrogens with zero attached hydrogens (tertiary/aromatic N) is 1. The molecule has 0 aliphatic carbocycles. The summed E-state index contributed by atoms with van der Waals surface area (Å²) in [5.41, 5.74) is -0.990. The predicted molar refractivity (Wildman–Crippen MR) is 62.0 cm³/mol. The van der Waals surface area contributed by atoms with E-state index in [1.165, 1.54) is 0 Å². The standard InChI is InChI=1S/C11H19NO5.Cu/c1-3-5-6-8(4-2)7-17-12-9(10(13)14)11(15)16;/h8H,3-7H2,1-2H3,(H,13,14)(H,15,16);. The van der Waals surface area contributed by atoms with Gasteiger partial charge in [-0.05, 0) is 18.8 Å². The molecule has 0 bridgehead atoms. The maximum Gasteiger partial charge on any atom is 0.365 e. The van der Waals surface area contributed by atoms with Crippen molar-refractivity contribution < 1.29 is 41.7 Å². The minimum Gasteiger partial charge on any atom is -0.476 e. The van der Waals surface area contributed by atoms with Crippen LogP contribution in [0.4, 0.5) is 0 Å². The van der Waals surface area contributed by atoms with E-state index in [2.05, 4.69) is 12.1 Å². The normalized spacial score (nSPS) is 11.0. The smallest absolute Gasteiger partial charge is 0.365 e. The quantitative estimate of drug-likeness (QED) is 0.293. The first-order chi connectivity index (χ1) is 8.02. The molecule has 0 aliphatic heterocycles. The van der Waals surface area contributed by atoms with Gasteiger partial charge in [-0.2, -0.15) is 0 Å². The fourth-order valence-electron chi connectivity index (χ4n) is 1.27.